The number of alkyl halides is 2. The lowest BCUT2D eigenvalue weighted by atomic mass is 9.75. The van der Waals surface area contributed by atoms with Gasteiger partial charge in [-0.2, -0.15) is 0 Å². The summed E-state index contributed by atoms with van der Waals surface area (Å²) in [7, 11) is 0. The van der Waals surface area contributed by atoms with Gasteiger partial charge in [-0.05, 0) is 50.4 Å². The van der Waals surface area contributed by atoms with Crippen LogP contribution in [0.1, 0.15) is 77.0 Å². The van der Waals surface area contributed by atoms with E-state index < -0.39 is 24.4 Å². The van der Waals surface area contributed by atoms with Gasteiger partial charge in [-0.1, -0.05) is 38.5 Å². The molecule has 32 heavy (non-hydrogen) atoms. The van der Waals surface area contributed by atoms with Gasteiger partial charge < -0.3 is 11.5 Å². The first-order valence-electron chi connectivity index (χ1n) is 13.3. The molecule has 7 heteroatoms. The van der Waals surface area contributed by atoms with E-state index in [1.165, 1.54) is 12.8 Å². The van der Waals surface area contributed by atoms with Gasteiger partial charge in [-0.15, -0.1) is 0 Å². The highest BCUT2D eigenvalue weighted by Crippen LogP contribution is 2.34. The number of rotatable bonds is 8. The van der Waals surface area contributed by atoms with Gasteiger partial charge in [-0.3, -0.25) is 14.6 Å². The van der Waals surface area contributed by atoms with Gasteiger partial charge >= 0.3 is 0 Å². The molecule has 2 saturated carbocycles. The summed E-state index contributed by atoms with van der Waals surface area (Å²) in [5, 5.41) is 0. The van der Waals surface area contributed by atoms with Gasteiger partial charge in [-0.25, -0.2) is 8.78 Å². The Kier molecular flexibility index (Phi) is 8.57. The molecule has 0 aromatic rings. The summed E-state index contributed by atoms with van der Waals surface area (Å²) in [6.07, 6.45) is 10.3. The fourth-order valence-corrected chi connectivity index (χ4v) is 6.95. The standard InChI is InChI=1S/C25H44F2N4O/c26-19-11-13-30(15-19)23(21(28)17-7-3-1-4-8-17)25(32)24(31-14-12-20(27)16-31)22(29)18-9-5-2-6-10-18/h17-24H,1-16,28-29H2. The molecule has 2 saturated heterocycles. The van der Waals surface area contributed by atoms with E-state index in [0.717, 1.165) is 51.4 Å². The molecule has 0 amide bonds. The number of halogens is 2. The van der Waals surface area contributed by atoms with Crippen LogP contribution in [0.4, 0.5) is 8.78 Å². The van der Waals surface area contributed by atoms with Crippen molar-refractivity contribution in [3.63, 3.8) is 0 Å². The van der Waals surface area contributed by atoms with Gasteiger partial charge in [0.05, 0.1) is 12.1 Å². The van der Waals surface area contributed by atoms with Crippen molar-refractivity contribution in [3.05, 3.63) is 0 Å². The lowest BCUT2D eigenvalue weighted by molar-refractivity contribution is -0.132. The number of ketones is 1. The number of carbonyl (C=O) groups is 1. The van der Waals surface area contributed by atoms with Gasteiger partial charge in [0.1, 0.15) is 12.3 Å². The lowest BCUT2D eigenvalue weighted by Gasteiger charge is -2.43. The number of Topliss-reactive ketones (excluding diaryl/α,β-unsaturated/α-hetero) is 1. The minimum Gasteiger partial charge on any atom is -0.326 e. The number of nitrogens with two attached hydrogens (primary N) is 2. The smallest absolute Gasteiger partial charge is 0.170 e. The van der Waals surface area contributed by atoms with Crippen molar-refractivity contribution in [1.29, 1.82) is 0 Å². The van der Waals surface area contributed by atoms with Crippen LogP contribution in [0.25, 0.3) is 0 Å². The number of likely N-dealkylation sites (tertiary alicyclic amines) is 2. The van der Waals surface area contributed by atoms with Crippen molar-refractivity contribution in [2.75, 3.05) is 26.2 Å². The molecular weight excluding hydrogens is 410 g/mol. The largest absolute Gasteiger partial charge is 0.326 e. The van der Waals surface area contributed by atoms with Gasteiger partial charge in [0.25, 0.3) is 0 Å². The van der Waals surface area contributed by atoms with Gasteiger partial charge in [0.15, 0.2) is 5.78 Å². The van der Waals surface area contributed by atoms with Crippen LogP contribution >= 0.6 is 0 Å². The molecule has 2 heterocycles. The molecule has 6 unspecified atom stereocenters. The fraction of sp³-hybridized carbons (Fsp3) is 0.960. The highest BCUT2D eigenvalue weighted by Gasteiger charge is 2.47. The third kappa shape index (κ3) is 5.53. The monoisotopic (exact) mass is 454 g/mol. The molecule has 4 rings (SSSR count). The second kappa shape index (κ2) is 11.2. The minimum atomic E-state index is -0.906. The Balaban J connectivity index is 1.60. The second-order valence-corrected chi connectivity index (χ2v) is 11.0. The molecular formula is C25H44F2N4O. The molecule has 0 bridgehead atoms. The Hall–Kier alpha value is -0.630. The normalized spacial score (nSPS) is 33.2. The predicted molar refractivity (Wildman–Crippen MR) is 124 cm³/mol. The number of hydrogen-bond acceptors (Lipinski definition) is 5. The van der Waals surface area contributed by atoms with Crippen molar-refractivity contribution in [3.8, 4) is 0 Å². The van der Waals surface area contributed by atoms with Crippen molar-refractivity contribution >= 4 is 5.78 Å². The maximum atomic E-state index is 14.3. The highest BCUT2D eigenvalue weighted by atomic mass is 19.1. The summed E-state index contributed by atoms with van der Waals surface area (Å²) < 4.78 is 28.5. The first-order chi connectivity index (χ1) is 15.5. The second-order valence-electron chi connectivity index (χ2n) is 11.0. The zero-order chi connectivity index (χ0) is 22.7. The fourth-order valence-electron chi connectivity index (χ4n) is 6.95. The summed E-state index contributed by atoms with van der Waals surface area (Å²) >= 11 is 0. The van der Waals surface area contributed by atoms with Crippen LogP contribution in [0.5, 0.6) is 0 Å². The van der Waals surface area contributed by atoms with Crippen LogP contribution in [-0.2, 0) is 4.79 Å². The number of hydrogen-bond donors (Lipinski definition) is 2. The molecule has 2 aliphatic carbocycles. The topological polar surface area (TPSA) is 75.6 Å². The van der Waals surface area contributed by atoms with Crippen LogP contribution in [0.3, 0.4) is 0 Å². The van der Waals surface area contributed by atoms with E-state index in [1.54, 1.807) is 0 Å². The zero-order valence-electron chi connectivity index (χ0n) is 19.6. The lowest BCUT2D eigenvalue weighted by Crippen LogP contribution is -2.64. The minimum absolute atomic E-state index is 0.0318. The van der Waals surface area contributed by atoms with Crippen LogP contribution in [0, 0.1) is 11.8 Å². The SMILES string of the molecule is NC(C1CCCCC1)C(C(=O)C(C(N)C1CCCCC1)N1CCC(F)C1)N1CCC(F)C1. The maximum Gasteiger partial charge on any atom is 0.170 e. The highest BCUT2D eigenvalue weighted by molar-refractivity contribution is 5.90. The zero-order valence-corrected chi connectivity index (χ0v) is 19.6. The van der Waals surface area contributed by atoms with Crippen LogP contribution < -0.4 is 11.5 Å². The van der Waals surface area contributed by atoms with Crippen molar-refractivity contribution in [2.24, 2.45) is 23.3 Å². The molecule has 0 spiro atoms. The summed E-state index contributed by atoms with van der Waals surface area (Å²) in [5.41, 5.74) is 13.7. The third-order valence-corrected chi connectivity index (χ3v) is 8.81. The van der Waals surface area contributed by atoms with E-state index in [4.69, 9.17) is 11.5 Å². The van der Waals surface area contributed by atoms with E-state index in [-0.39, 0.29) is 42.8 Å². The summed E-state index contributed by atoms with van der Waals surface area (Å²) in [5.74, 6) is 0.607. The van der Waals surface area contributed by atoms with Crippen LogP contribution in [0.15, 0.2) is 0 Å². The quantitative estimate of drug-likeness (QED) is 0.589. The first kappa shape index (κ1) is 24.5. The molecule has 0 aromatic heterocycles. The van der Waals surface area contributed by atoms with E-state index in [0.29, 0.717) is 25.9 Å². The average Bonchev–Trinajstić information content (AvgIpc) is 3.43. The number of carbonyl (C=O) groups excluding carboxylic acids is 1. The van der Waals surface area contributed by atoms with Crippen LogP contribution in [0.2, 0.25) is 0 Å². The Morgan fingerprint density at radius 1 is 0.656 bits per heavy atom. The molecule has 0 aromatic carbocycles. The Morgan fingerprint density at radius 3 is 1.34 bits per heavy atom. The van der Waals surface area contributed by atoms with E-state index >= 15 is 0 Å². The number of nitrogens with zero attached hydrogens (tertiary/aromatic N) is 2. The van der Waals surface area contributed by atoms with Crippen LogP contribution in [-0.4, -0.2) is 78.3 Å². The molecule has 184 valence electrons. The Bertz CT molecular complexity index is 561. The van der Waals surface area contributed by atoms with Crippen molar-refractivity contribution < 1.29 is 13.6 Å². The Morgan fingerprint density at radius 2 is 1.03 bits per heavy atom. The Labute approximate surface area is 192 Å². The molecule has 4 fully saturated rings. The van der Waals surface area contributed by atoms with E-state index in [2.05, 4.69) is 0 Å². The summed E-state index contributed by atoms with van der Waals surface area (Å²) in [4.78, 5) is 18.3. The maximum absolute atomic E-state index is 14.3. The van der Waals surface area contributed by atoms with Gasteiger partial charge in [0.2, 0.25) is 0 Å². The van der Waals surface area contributed by atoms with E-state index in [1.807, 2.05) is 9.80 Å². The molecule has 0 radical (unpaired) electrons. The predicted octanol–water partition coefficient (Wildman–Crippen LogP) is 3.20. The molecule has 6 atom stereocenters. The molecule has 5 nitrogen and oxygen atoms in total. The third-order valence-electron chi connectivity index (χ3n) is 8.81. The molecule has 4 aliphatic rings. The summed E-state index contributed by atoms with van der Waals surface area (Å²) in [6, 6.07) is -1.65. The molecule has 2 aliphatic heterocycles. The first-order valence-corrected chi connectivity index (χ1v) is 13.3. The van der Waals surface area contributed by atoms with Crippen molar-refractivity contribution in [2.45, 2.75) is 114 Å². The van der Waals surface area contributed by atoms with Crippen molar-refractivity contribution in [1.82, 2.24) is 9.80 Å². The van der Waals surface area contributed by atoms with E-state index in [9.17, 15) is 13.6 Å². The van der Waals surface area contributed by atoms with Gasteiger partial charge in [0, 0.05) is 38.3 Å². The average molecular weight is 455 g/mol. The molecule has 4 N–H and O–H groups in total. The summed E-state index contributed by atoms with van der Waals surface area (Å²) in [6.45, 7) is 1.67.